The zero-order chi connectivity index (χ0) is 17.5. The second-order valence-corrected chi connectivity index (χ2v) is 5.35. The molecule has 0 fully saturated rings. The van der Waals surface area contributed by atoms with Gasteiger partial charge >= 0.3 is 12.6 Å². The topological polar surface area (TPSA) is 46.5 Å². The number of aromatic nitrogens is 1. The van der Waals surface area contributed by atoms with E-state index in [9.17, 15) is 13.6 Å². The number of benzene rings is 1. The standard InChI is InChI=1S/C17H21F2N3O2/c1-3-22-9-8-13(12-22)11-21(2)17(23)20-10-14-6-4-5-7-15(14)24-16(18)19/h4-9,12,16H,3,10-11H2,1-2H3,(H,20,23). The van der Waals surface area contributed by atoms with Crippen LogP contribution in [0.15, 0.2) is 42.7 Å². The molecule has 130 valence electrons. The number of halogens is 2. The number of hydrogen-bond acceptors (Lipinski definition) is 2. The zero-order valence-corrected chi connectivity index (χ0v) is 13.7. The van der Waals surface area contributed by atoms with Gasteiger partial charge < -0.3 is 19.5 Å². The Kier molecular flexibility index (Phi) is 6.17. The first kappa shape index (κ1) is 17.8. The molecule has 1 heterocycles. The Labute approximate surface area is 139 Å². The number of ether oxygens (including phenoxy) is 1. The molecule has 5 nitrogen and oxygen atoms in total. The van der Waals surface area contributed by atoms with Crippen LogP contribution in [0.1, 0.15) is 18.1 Å². The molecule has 0 saturated carbocycles. The highest BCUT2D eigenvalue weighted by molar-refractivity contribution is 5.73. The number of amides is 2. The molecule has 0 aliphatic rings. The summed E-state index contributed by atoms with van der Waals surface area (Å²) < 4.78 is 31.2. The largest absolute Gasteiger partial charge is 0.434 e. The van der Waals surface area contributed by atoms with Crippen LogP contribution in [0.25, 0.3) is 0 Å². The number of rotatable bonds is 7. The van der Waals surface area contributed by atoms with Crippen molar-refractivity contribution < 1.29 is 18.3 Å². The van der Waals surface area contributed by atoms with E-state index in [4.69, 9.17) is 0 Å². The average Bonchev–Trinajstić information content (AvgIpc) is 3.00. The molecule has 7 heteroatoms. The molecule has 2 aromatic rings. The number of urea groups is 1. The second kappa shape index (κ2) is 8.33. The molecule has 0 aliphatic carbocycles. The van der Waals surface area contributed by atoms with Crippen molar-refractivity contribution in [2.75, 3.05) is 7.05 Å². The molecule has 0 radical (unpaired) electrons. The first-order valence-electron chi connectivity index (χ1n) is 7.66. The van der Waals surface area contributed by atoms with Crippen molar-refractivity contribution in [2.24, 2.45) is 0 Å². The Hall–Kier alpha value is -2.57. The van der Waals surface area contributed by atoms with E-state index in [2.05, 4.69) is 10.1 Å². The zero-order valence-electron chi connectivity index (χ0n) is 13.7. The first-order valence-corrected chi connectivity index (χ1v) is 7.66. The summed E-state index contributed by atoms with van der Waals surface area (Å²) in [6, 6.07) is 8.07. The van der Waals surface area contributed by atoms with Crippen LogP contribution in [0.3, 0.4) is 0 Å². The molecule has 1 aromatic carbocycles. The number of carbonyl (C=O) groups excluding carboxylic acids is 1. The molecule has 0 spiro atoms. The minimum atomic E-state index is -2.90. The van der Waals surface area contributed by atoms with Gasteiger partial charge in [0.05, 0.1) is 0 Å². The van der Waals surface area contributed by atoms with Crippen LogP contribution in [0.2, 0.25) is 0 Å². The fourth-order valence-electron chi connectivity index (χ4n) is 2.29. The van der Waals surface area contributed by atoms with Gasteiger partial charge in [0.15, 0.2) is 0 Å². The number of nitrogens with zero attached hydrogens (tertiary/aromatic N) is 2. The van der Waals surface area contributed by atoms with Gasteiger partial charge in [-0.2, -0.15) is 8.78 Å². The van der Waals surface area contributed by atoms with E-state index < -0.39 is 6.61 Å². The summed E-state index contributed by atoms with van der Waals surface area (Å²) in [5, 5.41) is 2.71. The van der Waals surface area contributed by atoms with E-state index in [1.807, 2.05) is 30.0 Å². The fraction of sp³-hybridized carbons (Fsp3) is 0.353. The number of alkyl halides is 2. The van der Waals surface area contributed by atoms with E-state index in [0.29, 0.717) is 12.1 Å². The van der Waals surface area contributed by atoms with Gasteiger partial charge in [0.1, 0.15) is 5.75 Å². The molecule has 1 aromatic heterocycles. The lowest BCUT2D eigenvalue weighted by molar-refractivity contribution is -0.0504. The van der Waals surface area contributed by atoms with Crippen molar-refractivity contribution in [3.05, 3.63) is 53.9 Å². The monoisotopic (exact) mass is 337 g/mol. The highest BCUT2D eigenvalue weighted by Gasteiger charge is 2.12. The van der Waals surface area contributed by atoms with Crippen LogP contribution in [-0.2, 0) is 19.6 Å². The van der Waals surface area contributed by atoms with Gasteiger partial charge in [0.25, 0.3) is 0 Å². The summed E-state index contributed by atoms with van der Waals surface area (Å²) in [5.74, 6) is 0.0653. The molecule has 0 bridgehead atoms. The quantitative estimate of drug-likeness (QED) is 0.841. The molecule has 0 unspecified atom stereocenters. The summed E-state index contributed by atoms with van der Waals surface area (Å²) in [4.78, 5) is 13.7. The van der Waals surface area contributed by atoms with Crippen LogP contribution in [0.4, 0.5) is 13.6 Å². The van der Waals surface area contributed by atoms with E-state index in [1.165, 1.54) is 11.0 Å². The van der Waals surface area contributed by atoms with Crippen molar-refractivity contribution >= 4 is 6.03 Å². The Balaban J connectivity index is 1.90. The van der Waals surface area contributed by atoms with E-state index >= 15 is 0 Å². The van der Waals surface area contributed by atoms with Crippen LogP contribution < -0.4 is 10.1 Å². The maximum absolute atomic E-state index is 12.4. The number of nitrogens with one attached hydrogen (secondary N) is 1. The average molecular weight is 337 g/mol. The van der Waals surface area contributed by atoms with E-state index in [0.717, 1.165) is 12.1 Å². The maximum Gasteiger partial charge on any atom is 0.387 e. The molecular formula is C17H21F2N3O2. The third-order valence-corrected chi connectivity index (χ3v) is 3.56. The Bertz CT molecular complexity index is 673. The fourth-order valence-corrected chi connectivity index (χ4v) is 2.29. The lowest BCUT2D eigenvalue weighted by Crippen LogP contribution is -2.36. The third kappa shape index (κ3) is 4.97. The smallest absolute Gasteiger partial charge is 0.387 e. The highest BCUT2D eigenvalue weighted by Crippen LogP contribution is 2.20. The Morgan fingerprint density at radius 1 is 1.33 bits per heavy atom. The number of hydrogen-bond donors (Lipinski definition) is 1. The summed E-state index contributed by atoms with van der Waals surface area (Å²) >= 11 is 0. The van der Waals surface area contributed by atoms with Crippen LogP contribution in [0.5, 0.6) is 5.75 Å². The number of aryl methyl sites for hydroxylation is 1. The lowest BCUT2D eigenvalue weighted by Gasteiger charge is -2.18. The van der Waals surface area contributed by atoms with Crippen molar-refractivity contribution in [1.82, 2.24) is 14.8 Å². The molecular weight excluding hydrogens is 316 g/mol. The van der Waals surface area contributed by atoms with E-state index in [-0.39, 0.29) is 18.3 Å². The summed E-state index contributed by atoms with van der Waals surface area (Å²) in [7, 11) is 1.68. The van der Waals surface area contributed by atoms with Crippen molar-refractivity contribution in [3.63, 3.8) is 0 Å². The van der Waals surface area contributed by atoms with Gasteiger partial charge in [-0.25, -0.2) is 4.79 Å². The van der Waals surface area contributed by atoms with Gasteiger partial charge in [-0.1, -0.05) is 18.2 Å². The van der Waals surface area contributed by atoms with Gasteiger partial charge in [0.2, 0.25) is 0 Å². The number of carbonyl (C=O) groups is 1. The summed E-state index contributed by atoms with van der Waals surface area (Å²) in [6.07, 6.45) is 3.94. The predicted octanol–water partition coefficient (Wildman–Crippen LogP) is 3.45. The first-order chi connectivity index (χ1) is 11.5. The lowest BCUT2D eigenvalue weighted by atomic mass is 10.2. The molecule has 0 atom stereocenters. The minimum Gasteiger partial charge on any atom is -0.434 e. The molecule has 0 aliphatic heterocycles. The van der Waals surface area contributed by atoms with Gasteiger partial charge in [0, 0.05) is 44.6 Å². The normalized spacial score (nSPS) is 10.7. The van der Waals surface area contributed by atoms with Gasteiger partial charge in [-0.3, -0.25) is 0 Å². The van der Waals surface area contributed by atoms with Crippen LogP contribution >= 0.6 is 0 Å². The van der Waals surface area contributed by atoms with Crippen LogP contribution in [-0.4, -0.2) is 29.2 Å². The number of para-hydroxylation sites is 1. The van der Waals surface area contributed by atoms with Gasteiger partial charge in [-0.05, 0) is 24.6 Å². The summed E-state index contributed by atoms with van der Waals surface area (Å²) in [6.45, 7) is 0.596. The molecule has 2 amide bonds. The van der Waals surface area contributed by atoms with Gasteiger partial charge in [-0.15, -0.1) is 0 Å². The minimum absolute atomic E-state index is 0.0653. The molecule has 0 saturated heterocycles. The Morgan fingerprint density at radius 3 is 2.75 bits per heavy atom. The van der Waals surface area contributed by atoms with Crippen molar-refractivity contribution in [1.29, 1.82) is 0 Å². The Morgan fingerprint density at radius 2 is 2.08 bits per heavy atom. The van der Waals surface area contributed by atoms with Crippen molar-refractivity contribution in [2.45, 2.75) is 33.2 Å². The third-order valence-electron chi connectivity index (χ3n) is 3.56. The van der Waals surface area contributed by atoms with E-state index in [1.54, 1.807) is 25.2 Å². The maximum atomic E-state index is 12.4. The summed E-state index contributed by atoms with van der Waals surface area (Å²) in [5.41, 5.74) is 1.52. The van der Waals surface area contributed by atoms with Crippen molar-refractivity contribution in [3.8, 4) is 5.75 Å². The second-order valence-electron chi connectivity index (χ2n) is 5.35. The predicted molar refractivity (Wildman–Crippen MR) is 86.9 cm³/mol. The molecule has 24 heavy (non-hydrogen) atoms. The highest BCUT2D eigenvalue weighted by atomic mass is 19.3. The SMILES string of the molecule is CCn1ccc(CN(C)C(=O)NCc2ccccc2OC(F)F)c1. The molecule has 1 N–H and O–H groups in total. The molecule has 2 rings (SSSR count). The van der Waals surface area contributed by atoms with Crippen LogP contribution in [0, 0.1) is 0 Å².